The quantitative estimate of drug-likeness (QED) is 0.295. The smallest absolute Gasteiger partial charge is 0.319 e. The molecule has 0 atom stereocenters. The van der Waals surface area contributed by atoms with Crippen molar-refractivity contribution in [2.24, 2.45) is 4.99 Å². The van der Waals surface area contributed by atoms with Crippen molar-refractivity contribution in [1.29, 1.82) is 0 Å². The number of anilines is 1. The maximum absolute atomic E-state index is 14.9. The van der Waals surface area contributed by atoms with E-state index in [4.69, 9.17) is 9.47 Å². The van der Waals surface area contributed by atoms with Crippen molar-refractivity contribution in [3.8, 4) is 5.75 Å². The number of nitrogens with zero attached hydrogens (tertiary/aromatic N) is 2. The maximum atomic E-state index is 14.9. The number of rotatable bonds is 10. The molecular formula is C27H25F2N5O3S. The summed E-state index contributed by atoms with van der Waals surface area (Å²) in [6, 6.07) is 5.94. The molecule has 1 saturated carbocycles. The molecule has 3 aliphatic rings. The molecule has 2 aromatic rings. The van der Waals surface area contributed by atoms with Crippen LogP contribution in [-0.2, 0) is 11.3 Å². The summed E-state index contributed by atoms with van der Waals surface area (Å²) >= 11 is 1.34. The maximum Gasteiger partial charge on any atom is 0.319 e. The van der Waals surface area contributed by atoms with E-state index in [2.05, 4.69) is 31.7 Å². The molecule has 3 N–H and O–H groups in total. The number of pyridine rings is 1. The van der Waals surface area contributed by atoms with Crippen molar-refractivity contribution in [3.05, 3.63) is 87.6 Å². The minimum atomic E-state index is -1.21. The third kappa shape index (κ3) is 6.38. The number of hydrogen-bond acceptors (Lipinski definition) is 7. The van der Waals surface area contributed by atoms with Crippen LogP contribution in [0.15, 0.2) is 69.7 Å². The summed E-state index contributed by atoms with van der Waals surface area (Å²) < 4.78 is 40.4. The van der Waals surface area contributed by atoms with E-state index in [-0.39, 0.29) is 23.2 Å². The predicted octanol–water partition coefficient (Wildman–Crippen LogP) is 4.88. The highest BCUT2D eigenvalue weighted by Crippen LogP contribution is 2.41. The number of methoxy groups -OCH3 is 1. The highest BCUT2D eigenvalue weighted by Gasteiger charge is 2.25. The number of amides is 2. The summed E-state index contributed by atoms with van der Waals surface area (Å²) in [5, 5.41) is 8.28. The summed E-state index contributed by atoms with van der Waals surface area (Å²) in [7, 11) is 1.66. The molecule has 11 heteroatoms. The minimum Gasteiger partial charge on any atom is -0.452 e. The van der Waals surface area contributed by atoms with Gasteiger partial charge in [0.15, 0.2) is 17.3 Å². The lowest BCUT2D eigenvalue weighted by molar-refractivity contribution is 0.199. The van der Waals surface area contributed by atoms with E-state index in [1.165, 1.54) is 30.1 Å². The molecule has 1 fully saturated rings. The summed E-state index contributed by atoms with van der Waals surface area (Å²) in [6.45, 7) is 2.05. The van der Waals surface area contributed by atoms with Gasteiger partial charge in [-0.2, -0.15) is 4.39 Å². The van der Waals surface area contributed by atoms with Crippen LogP contribution in [0.3, 0.4) is 0 Å². The van der Waals surface area contributed by atoms with Crippen LogP contribution in [0.5, 0.6) is 5.75 Å². The van der Waals surface area contributed by atoms with Crippen molar-refractivity contribution < 1.29 is 23.0 Å². The number of aromatic nitrogens is 1. The molecule has 1 aromatic heterocycles. The highest BCUT2D eigenvalue weighted by molar-refractivity contribution is 8.12. The van der Waals surface area contributed by atoms with E-state index in [0.717, 1.165) is 35.5 Å². The number of halogens is 2. The second-order valence-corrected chi connectivity index (χ2v) is 9.75. The first-order chi connectivity index (χ1) is 18.5. The molecule has 2 aliphatic heterocycles. The summed E-state index contributed by atoms with van der Waals surface area (Å²) in [5.41, 5.74) is 5.19. The van der Waals surface area contributed by atoms with Crippen LogP contribution < -0.4 is 20.7 Å². The molecule has 0 spiro atoms. The van der Waals surface area contributed by atoms with Crippen molar-refractivity contribution in [2.45, 2.75) is 25.4 Å². The zero-order chi connectivity index (χ0) is 26.5. The van der Waals surface area contributed by atoms with Gasteiger partial charge in [0.1, 0.15) is 5.70 Å². The van der Waals surface area contributed by atoms with E-state index in [1.54, 1.807) is 19.4 Å². The van der Waals surface area contributed by atoms with Gasteiger partial charge in [-0.15, -0.1) is 0 Å². The minimum absolute atomic E-state index is 0.0868. The van der Waals surface area contributed by atoms with Gasteiger partial charge in [-0.1, -0.05) is 23.6 Å². The van der Waals surface area contributed by atoms with Gasteiger partial charge >= 0.3 is 6.03 Å². The van der Waals surface area contributed by atoms with Crippen LogP contribution in [0.1, 0.15) is 24.1 Å². The molecule has 0 radical (unpaired) electrons. The Hall–Kier alpha value is -3.76. The molecule has 8 nitrogen and oxygen atoms in total. The van der Waals surface area contributed by atoms with Crippen LogP contribution >= 0.6 is 11.8 Å². The first-order valence-corrected chi connectivity index (χ1v) is 12.9. The van der Waals surface area contributed by atoms with Crippen molar-refractivity contribution in [1.82, 2.24) is 15.6 Å². The fraction of sp³-hybridized carbons (Fsp3) is 0.259. The number of carbonyl (C=O) groups excluding carboxylic acids is 1. The van der Waals surface area contributed by atoms with Crippen molar-refractivity contribution in [3.63, 3.8) is 0 Å². The lowest BCUT2D eigenvalue weighted by Crippen LogP contribution is -2.30. The number of nitrogens with one attached hydrogen (secondary N) is 3. The zero-order valence-corrected chi connectivity index (χ0v) is 21.3. The van der Waals surface area contributed by atoms with E-state index in [1.807, 2.05) is 18.2 Å². The fourth-order valence-electron chi connectivity index (χ4n) is 3.57. The number of aliphatic imine (C=N–C) groups is 1. The Balaban J connectivity index is 1.27. The molecule has 1 aromatic carbocycles. The molecule has 1 aliphatic carbocycles. The number of ether oxygens (including phenoxy) is 2. The van der Waals surface area contributed by atoms with Crippen LogP contribution in [0, 0.1) is 11.6 Å². The molecule has 0 unspecified atom stereocenters. The number of allylic oxidation sites excluding steroid dienone is 1. The standard InChI is InChI=1S/C27H25F2N5O3S/c1-36-11-10-30-14-16-2-5-19(32-15-16)23-12-18-13-24(38-23)21(8-9-31-18)37-22-7-6-20(25(28)26(22)29)34-27(35)33-17-3-4-17/h2,5-9,12,15,17,30H,3-4,10-11,14H2,1H3,(H2,33,34,35). The van der Waals surface area contributed by atoms with Gasteiger partial charge in [0.25, 0.3) is 0 Å². The lowest BCUT2D eigenvalue weighted by atomic mass is 10.2. The van der Waals surface area contributed by atoms with Gasteiger partial charge in [0, 0.05) is 49.6 Å². The van der Waals surface area contributed by atoms with Crippen LogP contribution in [0.25, 0.3) is 4.91 Å². The Labute approximate surface area is 222 Å². The third-order valence-electron chi connectivity index (χ3n) is 5.70. The average molecular weight is 538 g/mol. The van der Waals surface area contributed by atoms with Crippen LogP contribution in [0.4, 0.5) is 19.3 Å². The lowest BCUT2D eigenvalue weighted by Gasteiger charge is -2.16. The Morgan fingerprint density at radius 2 is 2.08 bits per heavy atom. The monoisotopic (exact) mass is 537 g/mol. The third-order valence-corrected chi connectivity index (χ3v) is 6.76. The molecule has 5 rings (SSSR count). The summed E-state index contributed by atoms with van der Waals surface area (Å²) in [6.07, 6.45) is 8.49. The molecule has 2 amide bonds. The zero-order valence-electron chi connectivity index (χ0n) is 20.5. The fourth-order valence-corrected chi connectivity index (χ4v) is 4.55. The molecule has 3 heterocycles. The predicted molar refractivity (Wildman–Crippen MR) is 143 cm³/mol. The first kappa shape index (κ1) is 25.9. The second-order valence-electron chi connectivity index (χ2n) is 8.69. The molecule has 2 bridgehead atoms. The van der Waals surface area contributed by atoms with Gasteiger partial charge in [0.05, 0.1) is 22.9 Å². The van der Waals surface area contributed by atoms with E-state index < -0.39 is 17.7 Å². The molecule has 38 heavy (non-hydrogen) atoms. The van der Waals surface area contributed by atoms with Gasteiger partial charge in [-0.25, -0.2) is 14.2 Å². The van der Waals surface area contributed by atoms with Gasteiger partial charge in [-0.3, -0.25) is 4.98 Å². The summed E-state index contributed by atoms with van der Waals surface area (Å²) in [5.74, 6) is -2.49. The molecule has 0 saturated heterocycles. The molecule has 196 valence electrons. The van der Waals surface area contributed by atoms with Gasteiger partial charge in [-0.05, 0) is 42.7 Å². The Bertz CT molecular complexity index is 1390. The SMILES string of the molecule is COCCNCc1ccc(C2=CC3=C=C(S2)C(Oc2ccc(NC(=O)NC4CC4)c(F)c2F)=CC=N3)nc1. The number of thioether (sulfide) groups is 1. The second kappa shape index (κ2) is 11.7. The Morgan fingerprint density at radius 3 is 2.84 bits per heavy atom. The normalized spacial score (nSPS) is 16.1. The number of carbonyl (C=O) groups is 1. The van der Waals surface area contributed by atoms with Crippen LogP contribution in [-0.4, -0.2) is 43.5 Å². The van der Waals surface area contributed by atoms with E-state index >= 15 is 0 Å². The number of benzene rings is 1. The summed E-state index contributed by atoms with van der Waals surface area (Å²) in [4.78, 5) is 22.2. The number of urea groups is 1. The highest BCUT2D eigenvalue weighted by atomic mass is 32.2. The number of hydrogen-bond donors (Lipinski definition) is 3. The Morgan fingerprint density at radius 1 is 1.21 bits per heavy atom. The van der Waals surface area contributed by atoms with Gasteiger partial charge < -0.3 is 25.4 Å². The van der Waals surface area contributed by atoms with Crippen molar-refractivity contribution in [2.75, 3.05) is 25.6 Å². The molecular weight excluding hydrogens is 512 g/mol. The Kier molecular flexibility index (Phi) is 8.00. The van der Waals surface area contributed by atoms with Crippen LogP contribution in [0.2, 0.25) is 0 Å². The van der Waals surface area contributed by atoms with E-state index in [9.17, 15) is 13.6 Å². The first-order valence-electron chi connectivity index (χ1n) is 12.0. The average Bonchev–Trinajstić information content (AvgIpc) is 3.75. The van der Waals surface area contributed by atoms with E-state index in [0.29, 0.717) is 23.8 Å². The van der Waals surface area contributed by atoms with Gasteiger partial charge in [0.2, 0.25) is 5.82 Å². The van der Waals surface area contributed by atoms with Crippen molar-refractivity contribution >= 4 is 34.6 Å². The largest absolute Gasteiger partial charge is 0.452 e. The topological polar surface area (TPSA) is 96.9 Å².